The Morgan fingerprint density at radius 2 is 1.73 bits per heavy atom. The summed E-state index contributed by atoms with van der Waals surface area (Å²) in [4.78, 5) is 29.5. The molecule has 3 heterocycles. The average molecular weight is 540 g/mol. The predicted octanol–water partition coefficient (Wildman–Crippen LogP) is 4.48. The van der Waals surface area contributed by atoms with E-state index in [0.717, 1.165) is 48.3 Å². The molecule has 2 fully saturated rings. The highest BCUT2D eigenvalue weighted by atomic mass is 35.5. The zero-order valence-electron chi connectivity index (χ0n) is 21.2. The number of likely N-dealkylation sites (tertiary alicyclic amines) is 1. The van der Waals surface area contributed by atoms with Crippen molar-refractivity contribution >= 4 is 45.9 Å². The molecular weight excluding hydrogens is 506 g/mol. The minimum atomic E-state index is -0.590. The van der Waals surface area contributed by atoms with Crippen LogP contribution in [0.5, 0.6) is 0 Å². The third kappa shape index (κ3) is 6.30. The maximum absolute atomic E-state index is 13.0. The third-order valence-corrected chi connectivity index (χ3v) is 8.99. The first-order valence-corrected chi connectivity index (χ1v) is 14.3. The number of nitrogens with zero attached hydrogens (tertiary/aromatic N) is 4. The molecule has 0 spiro atoms. The second-order valence-electron chi connectivity index (χ2n) is 10.4. The number of rotatable bonds is 8. The van der Waals surface area contributed by atoms with Crippen LogP contribution in [0.1, 0.15) is 43.7 Å². The molecule has 5 rings (SSSR count). The number of anilines is 1. The van der Waals surface area contributed by atoms with Crippen molar-refractivity contribution in [3.63, 3.8) is 0 Å². The first kappa shape index (κ1) is 26.1. The Hall–Kier alpha value is -2.55. The molecule has 196 valence electrons. The lowest BCUT2D eigenvalue weighted by molar-refractivity contribution is -0.121. The van der Waals surface area contributed by atoms with Crippen molar-refractivity contribution in [1.82, 2.24) is 9.91 Å². The second kappa shape index (κ2) is 11.5. The molecule has 2 N–H and O–H groups in total. The van der Waals surface area contributed by atoms with Gasteiger partial charge in [-0.3, -0.25) is 19.5 Å². The molecule has 3 aliphatic rings. The Morgan fingerprint density at radius 1 is 1.05 bits per heavy atom. The highest BCUT2D eigenvalue weighted by molar-refractivity contribution is 8.15. The fourth-order valence-corrected chi connectivity index (χ4v) is 6.42. The van der Waals surface area contributed by atoms with Gasteiger partial charge < -0.3 is 10.6 Å². The van der Waals surface area contributed by atoms with Crippen molar-refractivity contribution in [3.8, 4) is 0 Å². The molecule has 3 aliphatic heterocycles. The van der Waals surface area contributed by atoms with Crippen LogP contribution >= 0.6 is 23.4 Å². The van der Waals surface area contributed by atoms with Gasteiger partial charge in [0.05, 0.1) is 17.5 Å². The number of hydrogen-bond acceptors (Lipinski definition) is 6. The molecule has 9 heteroatoms. The van der Waals surface area contributed by atoms with Gasteiger partial charge in [0, 0.05) is 30.2 Å². The molecule has 0 radical (unpaired) electrons. The average Bonchev–Trinajstić information content (AvgIpc) is 3.49. The van der Waals surface area contributed by atoms with E-state index in [1.165, 1.54) is 30.2 Å². The topological polar surface area (TPSA) is 82.2 Å². The number of nitrogens with two attached hydrogens (primary N) is 1. The summed E-state index contributed by atoms with van der Waals surface area (Å²) >= 11 is 7.38. The number of benzene rings is 2. The van der Waals surface area contributed by atoms with Gasteiger partial charge in [-0.15, -0.1) is 0 Å². The number of thioether (sulfide) groups is 1. The first-order valence-electron chi connectivity index (χ1n) is 13.0. The Bertz CT molecular complexity index is 1150. The molecule has 0 aliphatic carbocycles. The molecule has 2 amide bonds. The van der Waals surface area contributed by atoms with Gasteiger partial charge >= 0.3 is 0 Å². The molecule has 0 bridgehead atoms. The van der Waals surface area contributed by atoms with Crippen molar-refractivity contribution in [2.75, 3.05) is 24.5 Å². The number of halogens is 1. The van der Waals surface area contributed by atoms with E-state index in [9.17, 15) is 9.59 Å². The Kier molecular flexibility index (Phi) is 8.07. The van der Waals surface area contributed by atoms with Crippen LogP contribution in [-0.4, -0.2) is 57.8 Å². The SMILES string of the molecule is CC1CCN(Cc2ccc(N3CC(N4N=C(CCc5ccc(Cl)cc5)SC4C(N)=O)CC3=O)cc2)CC1. The van der Waals surface area contributed by atoms with Crippen LogP contribution in [0.2, 0.25) is 5.02 Å². The smallest absolute Gasteiger partial charge is 0.252 e. The summed E-state index contributed by atoms with van der Waals surface area (Å²) in [5, 5.41) is 7.49. The minimum Gasteiger partial charge on any atom is -0.367 e. The fourth-order valence-electron chi connectivity index (χ4n) is 5.24. The van der Waals surface area contributed by atoms with Crippen molar-refractivity contribution in [1.29, 1.82) is 0 Å². The van der Waals surface area contributed by atoms with Crippen LogP contribution in [0.25, 0.3) is 0 Å². The Balaban J connectivity index is 1.21. The molecule has 0 saturated carbocycles. The zero-order valence-corrected chi connectivity index (χ0v) is 22.8. The van der Waals surface area contributed by atoms with Gasteiger partial charge in [-0.1, -0.05) is 54.6 Å². The van der Waals surface area contributed by atoms with Crippen molar-refractivity contribution in [3.05, 3.63) is 64.7 Å². The van der Waals surface area contributed by atoms with E-state index in [2.05, 4.69) is 24.0 Å². The summed E-state index contributed by atoms with van der Waals surface area (Å²) < 4.78 is 0. The van der Waals surface area contributed by atoms with Crippen molar-refractivity contribution in [2.24, 2.45) is 16.8 Å². The molecule has 2 unspecified atom stereocenters. The lowest BCUT2D eigenvalue weighted by Gasteiger charge is -2.30. The van der Waals surface area contributed by atoms with Crippen molar-refractivity contribution in [2.45, 2.75) is 57.0 Å². The lowest BCUT2D eigenvalue weighted by Crippen LogP contribution is -2.44. The lowest BCUT2D eigenvalue weighted by atomic mass is 9.99. The fraction of sp³-hybridized carbons (Fsp3) is 0.464. The van der Waals surface area contributed by atoms with Gasteiger partial charge in [0.25, 0.3) is 5.91 Å². The number of primary amides is 1. The van der Waals surface area contributed by atoms with Gasteiger partial charge in [0.2, 0.25) is 5.91 Å². The summed E-state index contributed by atoms with van der Waals surface area (Å²) in [5.41, 5.74) is 9.04. The van der Waals surface area contributed by atoms with Crippen LogP contribution in [0.15, 0.2) is 53.6 Å². The number of aryl methyl sites for hydroxylation is 1. The predicted molar refractivity (Wildman–Crippen MR) is 150 cm³/mol. The summed E-state index contributed by atoms with van der Waals surface area (Å²) in [7, 11) is 0. The van der Waals surface area contributed by atoms with Gasteiger partial charge in [0.15, 0.2) is 5.37 Å². The molecule has 7 nitrogen and oxygen atoms in total. The van der Waals surface area contributed by atoms with E-state index in [4.69, 9.17) is 22.4 Å². The van der Waals surface area contributed by atoms with Crippen LogP contribution in [0.3, 0.4) is 0 Å². The summed E-state index contributed by atoms with van der Waals surface area (Å²) in [6, 6.07) is 15.9. The summed E-state index contributed by atoms with van der Waals surface area (Å²) in [6.07, 6.45) is 4.32. The molecule has 2 aromatic rings. The summed E-state index contributed by atoms with van der Waals surface area (Å²) in [5.74, 6) is 0.429. The first-order chi connectivity index (χ1) is 17.9. The van der Waals surface area contributed by atoms with E-state index in [0.29, 0.717) is 24.4 Å². The van der Waals surface area contributed by atoms with Gasteiger partial charge in [0.1, 0.15) is 0 Å². The van der Waals surface area contributed by atoms with E-state index < -0.39 is 11.3 Å². The standard InChI is InChI=1S/C28H34ClN5O2S/c1-19-12-14-32(15-13-19)17-21-4-9-23(10-5-21)33-18-24(16-26(33)35)34-28(27(30)36)37-25(31-34)11-6-20-2-7-22(29)8-3-20/h2-5,7-10,19,24,28H,6,11-18H2,1H3,(H2,30,36). The monoisotopic (exact) mass is 539 g/mol. The summed E-state index contributed by atoms with van der Waals surface area (Å²) in [6.45, 7) is 6.05. The number of hydrazone groups is 1. The van der Waals surface area contributed by atoms with Crippen LogP contribution in [-0.2, 0) is 22.6 Å². The van der Waals surface area contributed by atoms with Crippen molar-refractivity contribution < 1.29 is 9.59 Å². The number of piperidine rings is 1. The van der Waals surface area contributed by atoms with Gasteiger partial charge in [-0.05, 0) is 73.7 Å². The molecule has 37 heavy (non-hydrogen) atoms. The quantitative estimate of drug-likeness (QED) is 0.534. The second-order valence-corrected chi connectivity index (χ2v) is 12.0. The molecule has 0 aromatic heterocycles. The van der Waals surface area contributed by atoms with Crippen LogP contribution < -0.4 is 10.6 Å². The molecule has 2 atom stereocenters. The highest BCUT2D eigenvalue weighted by Crippen LogP contribution is 2.34. The molecule has 2 aromatic carbocycles. The zero-order chi connectivity index (χ0) is 25.9. The third-order valence-electron chi connectivity index (χ3n) is 7.51. The van der Waals surface area contributed by atoms with Gasteiger partial charge in [-0.25, -0.2) is 0 Å². The maximum Gasteiger partial charge on any atom is 0.252 e. The Morgan fingerprint density at radius 3 is 2.41 bits per heavy atom. The number of carbonyl (C=O) groups excluding carboxylic acids is 2. The van der Waals surface area contributed by atoms with E-state index >= 15 is 0 Å². The largest absolute Gasteiger partial charge is 0.367 e. The normalized spacial score (nSPS) is 23.1. The van der Waals surface area contributed by atoms with E-state index in [1.54, 1.807) is 9.91 Å². The van der Waals surface area contributed by atoms with Crippen LogP contribution in [0, 0.1) is 5.92 Å². The number of amides is 2. The number of carbonyl (C=O) groups is 2. The van der Waals surface area contributed by atoms with Crippen LogP contribution in [0.4, 0.5) is 5.69 Å². The Labute approximate surface area is 228 Å². The highest BCUT2D eigenvalue weighted by Gasteiger charge is 2.42. The van der Waals surface area contributed by atoms with E-state index in [-0.39, 0.29) is 11.9 Å². The minimum absolute atomic E-state index is 0.0424. The molecular formula is C28H34ClN5O2S. The van der Waals surface area contributed by atoms with Gasteiger partial charge in [-0.2, -0.15) is 5.10 Å². The van der Waals surface area contributed by atoms with E-state index in [1.807, 2.05) is 36.4 Å². The molecule has 2 saturated heterocycles. The number of hydrogen-bond donors (Lipinski definition) is 1. The maximum atomic E-state index is 13.0.